The lowest BCUT2D eigenvalue weighted by Crippen LogP contribution is -1.85. The Kier molecular flexibility index (Phi) is 3.21. The molecule has 3 rings (SSSR count). The lowest BCUT2D eigenvalue weighted by molar-refractivity contribution is 0.432. The van der Waals surface area contributed by atoms with E-state index in [9.17, 15) is 0 Å². The van der Waals surface area contributed by atoms with Crippen molar-refractivity contribution in [1.82, 2.24) is 10.1 Å². The lowest BCUT2D eigenvalue weighted by atomic mass is 10.1. The van der Waals surface area contributed by atoms with E-state index in [2.05, 4.69) is 29.2 Å². The summed E-state index contributed by atoms with van der Waals surface area (Å²) >= 11 is 0. The maximum atomic E-state index is 5.66. The third kappa shape index (κ3) is 2.40. The van der Waals surface area contributed by atoms with Gasteiger partial charge in [-0.1, -0.05) is 24.2 Å². The molecule has 100 valence electrons. The maximum Gasteiger partial charge on any atom is 0.258 e. The molecular weight excluding hydrogens is 250 g/mol. The van der Waals surface area contributed by atoms with Crippen molar-refractivity contribution in [2.45, 2.75) is 13.3 Å². The topological polar surface area (TPSA) is 64.9 Å². The van der Waals surface area contributed by atoms with Crippen LogP contribution in [-0.2, 0) is 6.42 Å². The molecule has 20 heavy (non-hydrogen) atoms. The second-order valence-corrected chi connectivity index (χ2v) is 4.60. The Bertz CT molecular complexity index is 699. The number of nitrogens with zero attached hydrogens (tertiary/aromatic N) is 2. The van der Waals surface area contributed by atoms with Gasteiger partial charge < -0.3 is 10.3 Å². The highest BCUT2D eigenvalue weighted by atomic mass is 16.5. The highest BCUT2D eigenvalue weighted by molar-refractivity contribution is 5.61. The fourth-order valence-electron chi connectivity index (χ4n) is 1.97. The Balaban J connectivity index is 1.91. The summed E-state index contributed by atoms with van der Waals surface area (Å²) in [6, 6.07) is 15.5. The van der Waals surface area contributed by atoms with Crippen LogP contribution in [-0.4, -0.2) is 10.1 Å². The number of hydrogen-bond donors (Lipinski definition) is 1. The number of aryl methyl sites for hydroxylation is 1. The van der Waals surface area contributed by atoms with Crippen molar-refractivity contribution in [3.05, 3.63) is 54.1 Å². The summed E-state index contributed by atoms with van der Waals surface area (Å²) < 4.78 is 5.32. The Hall–Kier alpha value is -2.62. The van der Waals surface area contributed by atoms with Crippen LogP contribution in [0.5, 0.6) is 0 Å². The normalized spacial score (nSPS) is 10.7. The van der Waals surface area contributed by atoms with E-state index in [4.69, 9.17) is 10.3 Å². The third-order valence-corrected chi connectivity index (χ3v) is 3.20. The molecule has 2 N–H and O–H groups in total. The van der Waals surface area contributed by atoms with Gasteiger partial charge in [0.15, 0.2) is 0 Å². The van der Waals surface area contributed by atoms with Crippen LogP contribution >= 0.6 is 0 Å². The maximum absolute atomic E-state index is 5.66. The fourth-order valence-corrected chi connectivity index (χ4v) is 1.97. The summed E-state index contributed by atoms with van der Waals surface area (Å²) in [4.78, 5) is 4.42. The van der Waals surface area contributed by atoms with Crippen LogP contribution in [0.25, 0.3) is 22.8 Å². The number of aromatic nitrogens is 2. The molecule has 0 bridgehead atoms. The molecule has 0 spiro atoms. The molecule has 4 heteroatoms. The molecule has 1 heterocycles. The highest BCUT2D eigenvalue weighted by Gasteiger charge is 2.10. The van der Waals surface area contributed by atoms with Gasteiger partial charge in [-0.15, -0.1) is 0 Å². The predicted molar refractivity (Wildman–Crippen MR) is 79.0 cm³/mol. The van der Waals surface area contributed by atoms with E-state index in [0.717, 1.165) is 17.5 Å². The highest BCUT2D eigenvalue weighted by Crippen LogP contribution is 2.23. The van der Waals surface area contributed by atoms with Crippen LogP contribution < -0.4 is 5.73 Å². The quantitative estimate of drug-likeness (QED) is 0.735. The Morgan fingerprint density at radius 3 is 2.25 bits per heavy atom. The minimum Gasteiger partial charge on any atom is -0.399 e. The van der Waals surface area contributed by atoms with Gasteiger partial charge in [0.1, 0.15) is 0 Å². The van der Waals surface area contributed by atoms with Gasteiger partial charge in [0.05, 0.1) is 0 Å². The molecule has 2 aromatic carbocycles. The zero-order valence-corrected chi connectivity index (χ0v) is 11.2. The first-order valence-corrected chi connectivity index (χ1v) is 6.55. The van der Waals surface area contributed by atoms with Crippen molar-refractivity contribution in [1.29, 1.82) is 0 Å². The minimum atomic E-state index is 0.527. The van der Waals surface area contributed by atoms with E-state index >= 15 is 0 Å². The van der Waals surface area contributed by atoms with Crippen LogP contribution in [0.2, 0.25) is 0 Å². The molecule has 0 saturated carbocycles. The number of rotatable bonds is 3. The van der Waals surface area contributed by atoms with E-state index in [0.29, 0.717) is 17.4 Å². The van der Waals surface area contributed by atoms with Gasteiger partial charge in [-0.3, -0.25) is 0 Å². The van der Waals surface area contributed by atoms with Crippen molar-refractivity contribution >= 4 is 5.69 Å². The fraction of sp³-hybridized carbons (Fsp3) is 0.125. The van der Waals surface area contributed by atoms with E-state index in [1.165, 1.54) is 5.56 Å². The molecule has 0 aliphatic carbocycles. The molecule has 0 aliphatic rings. The van der Waals surface area contributed by atoms with E-state index in [1.807, 2.05) is 36.4 Å². The standard InChI is InChI=1S/C16H15N3O/c1-2-11-3-5-13(6-4-11)16-18-15(19-20-16)12-7-9-14(17)10-8-12/h3-10H,2,17H2,1H3. The molecule has 0 fully saturated rings. The second kappa shape index (κ2) is 5.17. The Morgan fingerprint density at radius 2 is 1.60 bits per heavy atom. The summed E-state index contributed by atoms with van der Waals surface area (Å²) in [7, 11) is 0. The summed E-state index contributed by atoms with van der Waals surface area (Å²) in [5.74, 6) is 1.10. The Morgan fingerprint density at radius 1 is 0.950 bits per heavy atom. The van der Waals surface area contributed by atoms with Gasteiger partial charge >= 0.3 is 0 Å². The third-order valence-electron chi connectivity index (χ3n) is 3.20. The molecule has 1 aromatic heterocycles. The first kappa shape index (κ1) is 12.4. The predicted octanol–water partition coefficient (Wildman–Crippen LogP) is 3.55. The number of hydrogen-bond acceptors (Lipinski definition) is 4. The molecular formula is C16H15N3O. The first-order valence-electron chi connectivity index (χ1n) is 6.55. The van der Waals surface area contributed by atoms with Gasteiger partial charge in [-0.05, 0) is 48.4 Å². The van der Waals surface area contributed by atoms with E-state index < -0.39 is 0 Å². The molecule has 0 saturated heterocycles. The smallest absolute Gasteiger partial charge is 0.258 e. The number of anilines is 1. The van der Waals surface area contributed by atoms with Crippen molar-refractivity contribution in [3.63, 3.8) is 0 Å². The van der Waals surface area contributed by atoms with Crippen molar-refractivity contribution in [3.8, 4) is 22.8 Å². The molecule has 0 aliphatic heterocycles. The minimum absolute atomic E-state index is 0.527. The zero-order chi connectivity index (χ0) is 13.9. The molecule has 0 atom stereocenters. The summed E-state index contributed by atoms with van der Waals surface area (Å²) in [5, 5.41) is 4.01. The van der Waals surface area contributed by atoms with Crippen LogP contribution in [0.15, 0.2) is 53.1 Å². The molecule has 3 aromatic rings. The number of nitrogen functional groups attached to an aromatic ring is 1. The van der Waals surface area contributed by atoms with Crippen LogP contribution in [0.4, 0.5) is 5.69 Å². The summed E-state index contributed by atoms with van der Waals surface area (Å²) in [6.45, 7) is 2.13. The average Bonchev–Trinajstić information content (AvgIpc) is 2.98. The molecule has 0 amide bonds. The van der Waals surface area contributed by atoms with E-state index in [-0.39, 0.29) is 0 Å². The number of nitrogens with two attached hydrogens (primary N) is 1. The van der Waals surface area contributed by atoms with Crippen molar-refractivity contribution in [2.24, 2.45) is 0 Å². The monoisotopic (exact) mass is 265 g/mol. The van der Waals surface area contributed by atoms with Gasteiger partial charge in [0, 0.05) is 16.8 Å². The molecule has 0 radical (unpaired) electrons. The Labute approximate surface area is 117 Å². The number of benzene rings is 2. The van der Waals surface area contributed by atoms with Gasteiger partial charge in [0.25, 0.3) is 5.89 Å². The zero-order valence-electron chi connectivity index (χ0n) is 11.2. The van der Waals surface area contributed by atoms with Gasteiger partial charge in [0.2, 0.25) is 5.82 Å². The second-order valence-electron chi connectivity index (χ2n) is 4.60. The summed E-state index contributed by atoms with van der Waals surface area (Å²) in [6.07, 6.45) is 1.01. The SMILES string of the molecule is CCc1ccc(-c2nc(-c3ccc(N)cc3)no2)cc1. The van der Waals surface area contributed by atoms with Crippen molar-refractivity contribution in [2.75, 3.05) is 5.73 Å². The largest absolute Gasteiger partial charge is 0.399 e. The van der Waals surface area contributed by atoms with E-state index in [1.54, 1.807) is 0 Å². The van der Waals surface area contributed by atoms with Crippen LogP contribution in [0, 0.1) is 0 Å². The van der Waals surface area contributed by atoms with Gasteiger partial charge in [-0.2, -0.15) is 4.98 Å². The first-order chi connectivity index (χ1) is 9.76. The van der Waals surface area contributed by atoms with Crippen LogP contribution in [0.1, 0.15) is 12.5 Å². The summed E-state index contributed by atoms with van der Waals surface area (Å²) in [5.41, 5.74) is 9.48. The van der Waals surface area contributed by atoms with Gasteiger partial charge in [-0.25, -0.2) is 0 Å². The van der Waals surface area contributed by atoms with Crippen molar-refractivity contribution < 1.29 is 4.52 Å². The van der Waals surface area contributed by atoms with Crippen LogP contribution in [0.3, 0.4) is 0 Å². The molecule has 0 unspecified atom stereocenters. The average molecular weight is 265 g/mol. The lowest BCUT2D eigenvalue weighted by Gasteiger charge is -1.97. The molecule has 4 nitrogen and oxygen atoms in total.